The van der Waals surface area contributed by atoms with E-state index in [-0.39, 0.29) is 11.9 Å². The van der Waals surface area contributed by atoms with Crippen LogP contribution < -0.4 is 16.2 Å². The van der Waals surface area contributed by atoms with Crippen molar-refractivity contribution in [1.29, 1.82) is 0 Å². The Bertz CT molecular complexity index is 494. The van der Waals surface area contributed by atoms with Crippen molar-refractivity contribution in [3.63, 3.8) is 0 Å². The highest BCUT2D eigenvalue weighted by atomic mass is 35.5. The Morgan fingerprint density at radius 3 is 2.90 bits per heavy atom. The van der Waals surface area contributed by atoms with Crippen molar-refractivity contribution < 1.29 is 4.79 Å². The summed E-state index contributed by atoms with van der Waals surface area (Å²) >= 11 is 6.10. The first-order valence-corrected chi connectivity index (χ1v) is 7.65. The third kappa shape index (κ3) is 2.82. The summed E-state index contributed by atoms with van der Waals surface area (Å²) in [6.07, 6.45) is 4.75. The third-order valence-electron chi connectivity index (χ3n) is 4.37. The molecular formula is C15H20ClN3O. The van der Waals surface area contributed by atoms with E-state index in [2.05, 4.69) is 16.2 Å². The number of halogens is 1. The quantitative estimate of drug-likeness (QED) is 0.799. The van der Waals surface area contributed by atoms with Gasteiger partial charge in [-0.25, -0.2) is 5.43 Å². The molecule has 0 aromatic heterocycles. The second-order valence-electron chi connectivity index (χ2n) is 5.63. The first kappa shape index (κ1) is 13.9. The number of benzene rings is 1. The summed E-state index contributed by atoms with van der Waals surface area (Å²) in [6.45, 7) is 0.480. The molecule has 20 heavy (non-hydrogen) atoms. The number of carbonyl (C=O) groups is 1. The summed E-state index contributed by atoms with van der Waals surface area (Å²) in [6, 6.07) is 7.92. The van der Waals surface area contributed by atoms with Gasteiger partial charge in [0.05, 0.1) is 0 Å². The molecule has 5 heteroatoms. The van der Waals surface area contributed by atoms with Crippen LogP contribution in [-0.4, -0.2) is 18.0 Å². The summed E-state index contributed by atoms with van der Waals surface area (Å²) in [4.78, 5) is 12.3. The monoisotopic (exact) mass is 293 g/mol. The van der Waals surface area contributed by atoms with E-state index in [1.54, 1.807) is 0 Å². The van der Waals surface area contributed by atoms with E-state index in [4.69, 9.17) is 11.6 Å². The van der Waals surface area contributed by atoms with Crippen LogP contribution in [0.5, 0.6) is 0 Å². The van der Waals surface area contributed by atoms with Crippen molar-refractivity contribution >= 4 is 17.5 Å². The molecule has 1 heterocycles. The van der Waals surface area contributed by atoms with E-state index in [0.717, 1.165) is 18.4 Å². The lowest BCUT2D eigenvalue weighted by molar-refractivity contribution is -0.124. The standard InChI is InChI=1S/C15H20ClN3O/c16-12-7-3-1-5-10(12)9-17-15(20)14-11-6-2-4-8-13(11)18-19-14/h1,3,5,7,11,13-14,18-19H,2,4,6,8-9H2,(H,17,20). The van der Waals surface area contributed by atoms with Gasteiger partial charge in [-0.1, -0.05) is 42.6 Å². The van der Waals surface area contributed by atoms with Crippen LogP contribution in [0, 0.1) is 5.92 Å². The normalized spacial score (nSPS) is 28.9. The van der Waals surface area contributed by atoms with Crippen LogP contribution in [0.1, 0.15) is 31.2 Å². The Morgan fingerprint density at radius 1 is 1.25 bits per heavy atom. The Labute approximate surface area is 124 Å². The minimum atomic E-state index is -0.122. The van der Waals surface area contributed by atoms with Crippen molar-refractivity contribution in [3.05, 3.63) is 34.9 Å². The van der Waals surface area contributed by atoms with Gasteiger partial charge in [-0.05, 0) is 24.5 Å². The van der Waals surface area contributed by atoms with Crippen LogP contribution in [0.3, 0.4) is 0 Å². The zero-order valence-corrected chi connectivity index (χ0v) is 12.1. The Hall–Kier alpha value is -1.10. The highest BCUT2D eigenvalue weighted by molar-refractivity contribution is 6.31. The fourth-order valence-electron chi connectivity index (χ4n) is 3.24. The van der Waals surface area contributed by atoms with Gasteiger partial charge in [0, 0.05) is 23.5 Å². The smallest absolute Gasteiger partial charge is 0.239 e. The molecule has 1 saturated heterocycles. The number of carbonyl (C=O) groups excluding carboxylic acids is 1. The second kappa shape index (κ2) is 6.12. The lowest BCUT2D eigenvalue weighted by atomic mass is 9.81. The lowest BCUT2D eigenvalue weighted by Gasteiger charge is -2.26. The molecule has 1 aliphatic carbocycles. The third-order valence-corrected chi connectivity index (χ3v) is 4.73. The fourth-order valence-corrected chi connectivity index (χ4v) is 3.44. The molecule has 0 bridgehead atoms. The first-order chi connectivity index (χ1) is 9.75. The molecule has 2 aliphatic rings. The molecule has 1 aromatic rings. The molecule has 3 N–H and O–H groups in total. The molecule has 3 atom stereocenters. The summed E-state index contributed by atoms with van der Waals surface area (Å²) < 4.78 is 0. The summed E-state index contributed by atoms with van der Waals surface area (Å²) in [5.41, 5.74) is 7.37. The topological polar surface area (TPSA) is 53.2 Å². The maximum Gasteiger partial charge on any atom is 0.239 e. The lowest BCUT2D eigenvalue weighted by Crippen LogP contribution is -2.45. The minimum absolute atomic E-state index is 0.0619. The fraction of sp³-hybridized carbons (Fsp3) is 0.533. The molecular weight excluding hydrogens is 274 g/mol. The van der Waals surface area contributed by atoms with Crippen molar-refractivity contribution in [1.82, 2.24) is 16.2 Å². The minimum Gasteiger partial charge on any atom is -0.351 e. The number of rotatable bonds is 3. The van der Waals surface area contributed by atoms with Gasteiger partial charge in [-0.3, -0.25) is 10.2 Å². The van der Waals surface area contributed by atoms with Gasteiger partial charge < -0.3 is 5.32 Å². The molecule has 3 rings (SSSR count). The number of fused-ring (bicyclic) bond motifs is 1. The molecule has 0 radical (unpaired) electrons. The number of hydrogen-bond donors (Lipinski definition) is 3. The van der Waals surface area contributed by atoms with Crippen LogP contribution in [0.25, 0.3) is 0 Å². The molecule has 1 aromatic carbocycles. The average Bonchev–Trinajstić information content (AvgIpc) is 2.90. The van der Waals surface area contributed by atoms with Gasteiger partial charge in [0.25, 0.3) is 0 Å². The maximum absolute atomic E-state index is 12.3. The Morgan fingerprint density at radius 2 is 2.05 bits per heavy atom. The largest absolute Gasteiger partial charge is 0.351 e. The molecule has 108 valence electrons. The van der Waals surface area contributed by atoms with Crippen molar-refractivity contribution in [2.45, 2.75) is 44.3 Å². The van der Waals surface area contributed by atoms with Crippen LogP contribution in [0.2, 0.25) is 5.02 Å². The summed E-state index contributed by atoms with van der Waals surface area (Å²) in [5.74, 6) is 0.474. The van der Waals surface area contributed by atoms with E-state index in [1.165, 1.54) is 12.8 Å². The second-order valence-corrected chi connectivity index (χ2v) is 6.04. The molecule has 1 aliphatic heterocycles. The van der Waals surface area contributed by atoms with E-state index in [1.807, 2.05) is 24.3 Å². The Balaban J connectivity index is 1.58. The highest BCUT2D eigenvalue weighted by Crippen LogP contribution is 2.30. The van der Waals surface area contributed by atoms with E-state index in [0.29, 0.717) is 23.5 Å². The number of hydrazine groups is 1. The molecule has 2 fully saturated rings. The van der Waals surface area contributed by atoms with Crippen molar-refractivity contribution in [2.24, 2.45) is 5.92 Å². The predicted octanol–water partition coefficient (Wildman–Crippen LogP) is 1.99. The zero-order valence-electron chi connectivity index (χ0n) is 11.4. The number of nitrogens with one attached hydrogen (secondary N) is 3. The summed E-state index contributed by atoms with van der Waals surface area (Å²) in [7, 11) is 0. The number of hydrogen-bond acceptors (Lipinski definition) is 3. The van der Waals surface area contributed by atoms with Crippen molar-refractivity contribution in [2.75, 3.05) is 0 Å². The SMILES string of the molecule is O=C(NCc1ccccc1Cl)C1NNC2CCCCC21. The molecule has 0 spiro atoms. The maximum atomic E-state index is 12.3. The van der Waals surface area contributed by atoms with Gasteiger partial charge in [-0.2, -0.15) is 0 Å². The molecule has 4 nitrogen and oxygen atoms in total. The predicted molar refractivity (Wildman–Crippen MR) is 79.1 cm³/mol. The van der Waals surface area contributed by atoms with Gasteiger partial charge in [0.15, 0.2) is 0 Å². The van der Waals surface area contributed by atoms with Crippen LogP contribution in [-0.2, 0) is 11.3 Å². The molecule has 1 saturated carbocycles. The van der Waals surface area contributed by atoms with Crippen LogP contribution in [0.15, 0.2) is 24.3 Å². The van der Waals surface area contributed by atoms with Gasteiger partial charge in [0.2, 0.25) is 5.91 Å². The molecule has 3 unspecified atom stereocenters. The van der Waals surface area contributed by atoms with Crippen LogP contribution in [0.4, 0.5) is 0 Å². The Kier molecular flexibility index (Phi) is 4.24. The summed E-state index contributed by atoms with van der Waals surface area (Å²) in [5, 5.41) is 3.68. The van der Waals surface area contributed by atoms with Gasteiger partial charge in [0.1, 0.15) is 6.04 Å². The van der Waals surface area contributed by atoms with Gasteiger partial charge >= 0.3 is 0 Å². The zero-order chi connectivity index (χ0) is 13.9. The number of amides is 1. The van der Waals surface area contributed by atoms with E-state index >= 15 is 0 Å². The van der Waals surface area contributed by atoms with Gasteiger partial charge in [-0.15, -0.1) is 0 Å². The molecule has 1 amide bonds. The van der Waals surface area contributed by atoms with E-state index in [9.17, 15) is 4.79 Å². The van der Waals surface area contributed by atoms with E-state index < -0.39 is 0 Å². The highest BCUT2D eigenvalue weighted by Gasteiger charge is 2.40. The average molecular weight is 294 g/mol. The van der Waals surface area contributed by atoms with Crippen LogP contribution >= 0.6 is 11.6 Å². The first-order valence-electron chi connectivity index (χ1n) is 7.28. The van der Waals surface area contributed by atoms with Crippen molar-refractivity contribution in [3.8, 4) is 0 Å².